The number of carbonyl (C=O) groups is 2. The second kappa shape index (κ2) is 24.6. The number of benzene rings is 1. The van der Waals surface area contributed by atoms with Gasteiger partial charge in [-0.2, -0.15) is 0 Å². The van der Waals surface area contributed by atoms with Gasteiger partial charge in [0.25, 0.3) is 0 Å². The molecule has 448 valence electrons. The number of esters is 2. The highest BCUT2D eigenvalue weighted by Crippen LogP contribution is 2.70. The van der Waals surface area contributed by atoms with E-state index in [9.17, 15) is 45.3 Å². The zero-order chi connectivity index (χ0) is 57.0. The summed E-state index contributed by atoms with van der Waals surface area (Å²) in [5.74, 6) is -2.04. The third-order valence-electron chi connectivity index (χ3n) is 20.0. The van der Waals surface area contributed by atoms with Gasteiger partial charge in [0.2, 0.25) is 0 Å². The third-order valence-corrected chi connectivity index (χ3v) is 20.0. The van der Waals surface area contributed by atoms with E-state index in [0.717, 1.165) is 6.42 Å². The number of methoxy groups -OCH3 is 3. The molecule has 0 spiro atoms. The number of fused-ring (bicyclic) bond motifs is 5. The maximum atomic E-state index is 14.0. The Bertz CT molecular complexity index is 2190. The fourth-order valence-corrected chi connectivity index (χ4v) is 15.9. The molecule has 29 atom stereocenters. The molecule has 4 aliphatic carbocycles. The first-order valence-electron chi connectivity index (χ1n) is 28.5. The van der Waals surface area contributed by atoms with Crippen molar-refractivity contribution in [3.05, 3.63) is 35.9 Å². The van der Waals surface area contributed by atoms with Gasteiger partial charge in [0.05, 0.1) is 60.5 Å². The Hall–Kier alpha value is -2.56. The molecule has 22 nitrogen and oxygen atoms in total. The number of hydrogen-bond acceptors (Lipinski definition) is 22. The van der Waals surface area contributed by atoms with Gasteiger partial charge >= 0.3 is 11.9 Å². The van der Waals surface area contributed by atoms with E-state index < -0.39 is 170 Å². The van der Waals surface area contributed by atoms with Crippen LogP contribution in [0.25, 0.3) is 0 Å². The van der Waals surface area contributed by atoms with Crippen LogP contribution in [-0.4, -0.2) is 216 Å². The van der Waals surface area contributed by atoms with Gasteiger partial charge in [0, 0.05) is 52.4 Å². The van der Waals surface area contributed by atoms with Gasteiger partial charge in [0.1, 0.15) is 67.1 Å². The molecule has 1 aromatic rings. The lowest BCUT2D eigenvalue weighted by Gasteiger charge is -2.67. The van der Waals surface area contributed by atoms with Crippen LogP contribution in [0.4, 0.5) is 0 Å². The van der Waals surface area contributed by atoms with Crippen LogP contribution >= 0.6 is 0 Å². The standard InChI is InChI=1S/C57H88O22/c1-26(59)34-19-21-57(66)35-17-16-32-22-33(18-20-55(32,6)41(35)49(73-30(5)60)51(56(34,57)7)79-52(65)31-14-12-11-13-15-31)74-39-23-36(67-8)46(27(2)70-39)76-40-24-37(68-9)47(28(3)71-40)77-54-45(64)50(69-10)48(29(4)72-54)78-53-44(63)43(62)42(61)38(25-58)75-53/h11-15,26-29,32-51,53-54,58-59,61-64,66H,16-25H2,1-10H3/t26-,27-,28-,29-,32?,33+,34-,35-,36+,37-,38-,39+,40+,41-,42-,43+,44-,45-,46-,47-,48-,49+,50+,51-,53+,54+,55+,56+,57+/m1/s1. The molecule has 0 amide bonds. The van der Waals surface area contributed by atoms with E-state index in [4.69, 9.17) is 61.6 Å². The van der Waals surface area contributed by atoms with Crippen molar-refractivity contribution in [1.29, 1.82) is 0 Å². The van der Waals surface area contributed by atoms with Crippen LogP contribution in [0.1, 0.15) is 117 Å². The Kier molecular flexibility index (Phi) is 19.0. The minimum atomic E-state index is -1.68. The largest absolute Gasteiger partial charge is 0.458 e. The second-order valence-electron chi connectivity index (χ2n) is 24.3. The first-order chi connectivity index (χ1) is 37.5. The highest BCUT2D eigenvalue weighted by Gasteiger charge is 2.76. The molecule has 4 saturated heterocycles. The lowest BCUT2D eigenvalue weighted by atomic mass is 9.41. The summed E-state index contributed by atoms with van der Waals surface area (Å²) in [6.07, 6.45) is -15.9. The van der Waals surface area contributed by atoms with Crippen molar-refractivity contribution in [3.63, 3.8) is 0 Å². The van der Waals surface area contributed by atoms with Crippen molar-refractivity contribution in [1.82, 2.24) is 0 Å². The molecule has 0 aromatic heterocycles. The van der Waals surface area contributed by atoms with E-state index in [2.05, 4.69) is 6.92 Å². The van der Waals surface area contributed by atoms with E-state index >= 15 is 0 Å². The Morgan fingerprint density at radius 3 is 1.89 bits per heavy atom. The Morgan fingerprint density at radius 2 is 1.28 bits per heavy atom. The quantitative estimate of drug-likeness (QED) is 0.0923. The lowest BCUT2D eigenvalue weighted by Crippen LogP contribution is -2.73. The topological polar surface area (TPSA) is 296 Å². The van der Waals surface area contributed by atoms with Gasteiger partial charge in [-0.15, -0.1) is 0 Å². The highest BCUT2D eigenvalue weighted by atomic mass is 16.8. The van der Waals surface area contributed by atoms with Crippen LogP contribution in [0.5, 0.6) is 0 Å². The summed E-state index contributed by atoms with van der Waals surface area (Å²) in [6.45, 7) is 12.0. The molecule has 1 aromatic carbocycles. The van der Waals surface area contributed by atoms with Crippen LogP contribution in [0.3, 0.4) is 0 Å². The van der Waals surface area contributed by atoms with Crippen LogP contribution in [0.15, 0.2) is 30.3 Å². The third kappa shape index (κ3) is 11.3. The van der Waals surface area contributed by atoms with Crippen LogP contribution in [0, 0.1) is 34.5 Å². The van der Waals surface area contributed by atoms with Crippen molar-refractivity contribution in [3.8, 4) is 0 Å². The average Bonchev–Trinajstić information content (AvgIpc) is 3.83. The summed E-state index contributed by atoms with van der Waals surface area (Å²) in [7, 11) is 4.53. The predicted molar refractivity (Wildman–Crippen MR) is 274 cm³/mol. The molecule has 8 fully saturated rings. The van der Waals surface area contributed by atoms with Crippen LogP contribution in [0.2, 0.25) is 0 Å². The molecule has 0 bridgehead atoms. The van der Waals surface area contributed by atoms with Crippen molar-refractivity contribution < 1.29 is 107 Å². The number of hydrogen-bond donors (Lipinski definition) is 7. The zero-order valence-electron chi connectivity index (χ0n) is 47.2. The molecule has 4 saturated carbocycles. The zero-order valence-corrected chi connectivity index (χ0v) is 47.2. The van der Waals surface area contributed by atoms with Gasteiger partial charge < -0.3 is 97.3 Å². The fraction of sp³-hybridized carbons (Fsp3) is 0.860. The van der Waals surface area contributed by atoms with Gasteiger partial charge in [-0.05, 0) is 108 Å². The molecule has 79 heavy (non-hydrogen) atoms. The normalized spacial score (nSPS) is 49.4. The minimum absolute atomic E-state index is 0.106. The molecule has 9 rings (SSSR count). The second-order valence-corrected chi connectivity index (χ2v) is 24.3. The average molecular weight is 1130 g/mol. The monoisotopic (exact) mass is 1120 g/mol. The Morgan fingerprint density at radius 1 is 0.671 bits per heavy atom. The summed E-state index contributed by atoms with van der Waals surface area (Å²) >= 11 is 0. The Balaban J connectivity index is 0.824. The number of ether oxygens (including phenoxy) is 13. The number of carbonyl (C=O) groups excluding carboxylic acids is 2. The van der Waals surface area contributed by atoms with Gasteiger partial charge in [-0.3, -0.25) is 4.79 Å². The summed E-state index contributed by atoms with van der Waals surface area (Å²) in [5, 5.41) is 76.9. The Labute approximate surface area is 462 Å². The lowest BCUT2D eigenvalue weighted by molar-refractivity contribution is -0.373. The van der Waals surface area contributed by atoms with Gasteiger partial charge in [-0.25, -0.2) is 4.79 Å². The molecule has 1 unspecified atom stereocenters. The molecule has 7 N–H and O–H groups in total. The summed E-state index contributed by atoms with van der Waals surface area (Å²) < 4.78 is 81.2. The fourth-order valence-electron chi connectivity index (χ4n) is 15.9. The van der Waals surface area contributed by atoms with Crippen molar-refractivity contribution in [2.45, 2.75) is 247 Å². The van der Waals surface area contributed by atoms with Gasteiger partial charge in [0.15, 0.2) is 25.2 Å². The summed E-state index contributed by atoms with van der Waals surface area (Å²) in [4.78, 5) is 27.2. The maximum Gasteiger partial charge on any atom is 0.338 e. The summed E-state index contributed by atoms with van der Waals surface area (Å²) in [6, 6.07) is 8.68. The molecular weight excluding hydrogens is 1040 g/mol. The summed E-state index contributed by atoms with van der Waals surface area (Å²) in [5.41, 5.74) is -2.53. The first-order valence-corrected chi connectivity index (χ1v) is 28.5. The van der Waals surface area contributed by atoms with Crippen LogP contribution in [-0.2, 0) is 66.4 Å². The van der Waals surface area contributed by atoms with Crippen molar-refractivity contribution >= 4 is 11.9 Å². The smallest absolute Gasteiger partial charge is 0.338 e. The first kappa shape index (κ1) is 61.0. The maximum absolute atomic E-state index is 14.0. The van der Waals surface area contributed by atoms with Crippen LogP contribution < -0.4 is 0 Å². The van der Waals surface area contributed by atoms with Crippen molar-refractivity contribution in [2.75, 3.05) is 27.9 Å². The van der Waals surface area contributed by atoms with Gasteiger partial charge in [-0.1, -0.05) is 32.0 Å². The molecule has 4 aliphatic heterocycles. The van der Waals surface area contributed by atoms with E-state index in [1.165, 1.54) is 14.0 Å². The van der Waals surface area contributed by atoms with E-state index in [-0.39, 0.29) is 30.3 Å². The molecule has 4 heterocycles. The van der Waals surface area contributed by atoms with E-state index in [1.807, 2.05) is 19.9 Å². The van der Waals surface area contributed by atoms with E-state index in [0.29, 0.717) is 50.5 Å². The van der Waals surface area contributed by atoms with E-state index in [1.54, 1.807) is 59.3 Å². The number of rotatable bonds is 16. The molecular formula is C57H88O22. The minimum Gasteiger partial charge on any atom is -0.458 e. The number of aliphatic hydroxyl groups is 7. The predicted octanol–water partition coefficient (Wildman–Crippen LogP) is 2.28. The molecule has 0 radical (unpaired) electrons. The highest BCUT2D eigenvalue weighted by molar-refractivity contribution is 5.89. The SMILES string of the molecule is CO[C@H]1[C@@H](O)[C@H](O[C@@H]2[C@@H](C)O[C@@H](O[C@H]3[C@@H](OC)C[C@H](O[C@H]4CC[C@@]5(C)C(CC[C@@H]6[C@@H]5[C@H](OC(C)=O)[C@@H](OC(=O)c5ccccc5)[C@]5(C)[C@@H]([C@@H](C)O)CC[C@]65O)C4)O[C@@H]3C)C[C@H]2OC)O[C@H](C)[C@H]1O[C@@H]1O[C@H](CO)[C@@H](O)[C@H](O)[C@H]1O. The van der Waals surface area contributed by atoms with Crippen molar-refractivity contribution in [2.24, 2.45) is 34.5 Å². The number of aliphatic hydroxyl groups excluding tert-OH is 6. The molecule has 22 heteroatoms. The molecule has 8 aliphatic rings.